The monoisotopic (exact) mass is 243 g/mol. The minimum absolute atomic E-state index is 0.0696. The van der Waals surface area contributed by atoms with Crippen molar-refractivity contribution in [3.63, 3.8) is 0 Å². The van der Waals surface area contributed by atoms with Crippen molar-refractivity contribution in [1.29, 1.82) is 0 Å². The Labute approximate surface area is 104 Å². The lowest BCUT2D eigenvalue weighted by Crippen LogP contribution is -1.98. The van der Waals surface area contributed by atoms with Gasteiger partial charge in [-0.25, -0.2) is 4.79 Å². The van der Waals surface area contributed by atoms with Gasteiger partial charge in [0.25, 0.3) is 0 Å². The van der Waals surface area contributed by atoms with E-state index in [2.05, 4.69) is 0 Å². The zero-order chi connectivity index (χ0) is 13.1. The molecule has 0 aromatic heterocycles. The average molecular weight is 243 g/mol. The van der Waals surface area contributed by atoms with Crippen LogP contribution in [0.25, 0.3) is 11.1 Å². The fraction of sp³-hybridized carbons (Fsp3) is 0.0714. The summed E-state index contributed by atoms with van der Waals surface area (Å²) in [6.45, 7) is 0. The Morgan fingerprint density at radius 1 is 1.17 bits per heavy atom. The van der Waals surface area contributed by atoms with Gasteiger partial charge in [-0.15, -0.1) is 5.75 Å². The van der Waals surface area contributed by atoms with E-state index in [-0.39, 0.29) is 11.3 Å². The van der Waals surface area contributed by atoms with E-state index in [1.807, 2.05) is 0 Å². The Hall–Kier alpha value is -2.49. The van der Waals surface area contributed by atoms with Crippen molar-refractivity contribution in [2.45, 2.75) is 0 Å². The molecule has 0 amide bonds. The quantitative estimate of drug-likeness (QED) is 0.896. The van der Waals surface area contributed by atoms with Crippen LogP contribution in [0.4, 0.5) is 0 Å². The molecule has 4 nitrogen and oxygen atoms in total. The molecule has 0 saturated carbocycles. The predicted octanol–water partition coefficient (Wildman–Crippen LogP) is 2.13. The summed E-state index contributed by atoms with van der Waals surface area (Å²) in [4.78, 5) is 10.9. The Kier molecular flexibility index (Phi) is 3.19. The van der Waals surface area contributed by atoms with Gasteiger partial charge in [0.2, 0.25) is 0 Å². The molecule has 0 heterocycles. The first-order valence-corrected chi connectivity index (χ1v) is 5.30. The summed E-state index contributed by atoms with van der Waals surface area (Å²) >= 11 is 0. The molecule has 0 aliphatic carbocycles. The maximum absolute atomic E-state index is 11.0. The van der Waals surface area contributed by atoms with Crippen LogP contribution in [-0.2, 0) is 0 Å². The van der Waals surface area contributed by atoms with E-state index >= 15 is 0 Å². The number of carbonyl (C=O) groups is 1. The normalized spacial score (nSPS) is 10.1. The molecule has 1 N–H and O–H groups in total. The van der Waals surface area contributed by atoms with Gasteiger partial charge in [0.15, 0.2) is 0 Å². The standard InChI is InChI=1S/C14H12O4/c1-18-13-8-10(14(16)17)4-7-12(13)9-2-5-11(15)6-3-9/h2-8,15H,1H3,(H,16,17)/p-1. The molecule has 0 fully saturated rings. The zero-order valence-corrected chi connectivity index (χ0v) is 9.71. The van der Waals surface area contributed by atoms with Gasteiger partial charge in [-0.3, -0.25) is 0 Å². The summed E-state index contributed by atoms with van der Waals surface area (Å²) in [6, 6.07) is 10.9. The first-order valence-electron chi connectivity index (χ1n) is 5.30. The van der Waals surface area contributed by atoms with Gasteiger partial charge in [0.1, 0.15) is 5.75 Å². The van der Waals surface area contributed by atoms with Crippen LogP contribution in [0.3, 0.4) is 0 Å². The largest absolute Gasteiger partial charge is 0.872 e. The second kappa shape index (κ2) is 4.79. The summed E-state index contributed by atoms with van der Waals surface area (Å²) in [6.07, 6.45) is 0. The smallest absolute Gasteiger partial charge is 0.335 e. The van der Waals surface area contributed by atoms with Crippen LogP contribution in [0.2, 0.25) is 0 Å². The van der Waals surface area contributed by atoms with Crippen LogP contribution in [0, 0.1) is 0 Å². The molecule has 0 saturated heterocycles. The molecule has 4 heteroatoms. The number of ether oxygens (including phenoxy) is 1. The zero-order valence-electron chi connectivity index (χ0n) is 9.71. The Morgan fingerprint density at radius 2 is 1.83 bits per heavy atom. The molecule has 0 unspecified atom stereocenters. The molecule has 92 valence electrons. The summed E-state index contributed by atoms with van der Waals surface area (Å²) < 4.78 is 5.18. The van der Waals surface area contributed by atoms with Gasteiger partial charge in [0.05, 0.1) is 12.7 Å². The lowest BCUT2D eigenvalue weighted by molar-refractivity contribution is -0.268. The summed E-state index contributed by atoms with van der Waals surface area (Å²) in [5.74, 6) is -0.608. The molecule has 2 rings (SSSR count). The third kappa shape index (κ3) is 2.27. The number of aromatic carboxylic acids is 1. The molecule has 0 spiro atoms. The van der Waals surface area contributed by atoms with E-state index in [0.717, 1.165) is 11.1 Å². The highest BCUT2D eigenvalue weighted by Crippen LogP contribution is 2.31. The van der Waals surface area contributed by atoms with Gasteiger partial charge >= 0.3 is 5.97 Å². The number of rotatable bonds is 3. The fourth-order valence-corrected chi connectivity index (χ4v) is 1.70. The highest BCUT2D eigenvalue weighted by molar-refractivity contribution is 5.89. The maximum Gasteiger partial charge on any atom is 0.335 e. The molecule has 0 bridgehead atoms. The minimum atomic E-state index is -1.00. The number of hydrogen-bond donors (Lipinski definition) is 1. The van der Waals surface area contributed by atoms with Crippen molar-refractivity contribution >= 4 is 5.97 Å². The van der Waals surface area contributed by atoms with E-state index in [1.165, 1.54) is 31.4 Å². The molecular formula is C14H11O4-. The van der Waals surface area contributed by atoms with Crippen molar-refractivity contribution in [3.05, 3.63) is 48.0 Å². The third-order valence-electron chi connectivity index (χ3n) is 2.61. The lowest BCUT2D eigenvalue weighted by Gasteiger charge is -2.11. The van der Waals surface area contributed by atoms with E-state index in [0.29, 0.717) is 5.75 Å². The molecule has 2 aromatic carbocycles. The summed E-state index contributed by atoms with van der Waals surface area (Å²) in [5.41, 5.74) is 1.72. The van der Waals surface area contributed by atoms with E-state index in [4.69, 9.17) is 9.84 Å². The van der Waals surface area contributed by atoms with Gasteiger partial charge < -0.3 is 14.9 Å². The van der Waals surface area contributed by atoms with Crippen LogP contribution >= 0.6 is 0 Å². The number of carboxylic acid groups (broad SMARTS) is 1. The molecule has 0 aliphatic rings. The van der Waals surface area contributed by atoms with E-state index in [1.54, 1.807) is 18.2 Å². The second-order valence-electron chi connectivity index (χ2n) is 3.74. The van der Waals surface area contributed by atoms with Crippen LogP contribution in [-0.4, -0.2) is 18.2 Å². The van der Waals surface area contributed by atoms with Crippen molar-refractivity contribution in [2.24, 2.45) is 0 Å². The number of benzene rings is 2. The van der Waals surface area contributed by atoms with Crippen LogP contribution in [0.1, 0.15) is 10.4 Å². The van der Waals surface area contributed by atoms with Gasteiger partial charge in [0, 0.05) is 5.56 Å². The predicted molar refractivity (Wildman–Crippen MR) is 64.8 cm³/mol. The molecule has 18 heavy (non-hydrogen) atoms. The topological polar surface area (TPSA) is 69.6 Å². The summed E-state index contributed by atoms with van der Waals surface area (Å²) in [7, 11) is 1.48. The van der Waals surface area contributed by atoms with Crippen LogP contribution < -0.4 is 9.84 Å². The molecular weight excluding hydrogens is 232 g/mol. The third-order valence-corrected chi connectivity index (χ3v) is 2.61. The van der Waals surface area contributed by atoms with Crippen LogP contribution in [0.15, 0.2) is 42.5 Å². The van der Waals surface area contributed by atoms with Crippen molar-refractivity contribution in [1.82, 2.24) is 0 Å². The molecule has 0 aliphatic heterocycles. The highest BCUT2D eigenvalue weighted by Gasteiger charge is 2.10. The fourth-order valence-electron chi connectivity index (χ4n) is 1.70. The van der Waals surface area contributed by atoms with Crippen molar-refractivity contribution in [3.8, 4) is 22.6 Å². The number of carboxylic acids is 1. The minimum Gasteiger partial charge on any atom is -0.872 e. The second-order valence-corrected chi connectivity index (χ2v) is 3.74. The average Bonchev–Trinajstić information content (AvgIpc) is 2.39. The van der Waals surface area contributed by atoms with Crippen molar-refractivity contribution in [2.75, 3.05) is 7.11 Å². The summed E-state index contributed by atoms with van der Waals surface area (Å²) in [5, 5.41) is 19.9. The van der Waals surface area contributed by atoms with Crippen molar-refractivity contribution < 1.29 is 19.7 Å². The van der Waals surface area contributed by atoms with E-state index < -0.39 is 5.97 Å². The Balaban J connectivity index is 2.50. The SMILES string of the molecule is COc1cc(C(=O)O)ccc1-c1ccc([O-])cc1. The van der Waals surface area contributed by atoms with Gasteiger partial charge in [-0.05, 0) is 23.8 Å². The van der Waals surface area contributed by atoms with Gasteiger partial charge in [-0.1, -0.05) is 24.3 Å². The molecule has 0 radical (unpaired) electrons. The van der Waals surface area contributed by atoms with Crippen LogP contribution in [0.5, 0.6) is 11.5 Å². The highest BCUT2D eigenvalue weighted by atomic mass is 16.5. The molecule has 2 aromatic rings. The van der Waals surface area contributed by atoms with Gasteiger partial charge in [-0.2, -0.15) is 0 Å². The number of methoxy groups -OCH3 is 1. The number of hydrogen-bond acceptors (Lipinski definition) is 3. The maximum atomic E-state index is 11.0. The van der Waals surface area contributed by atoms with E-state index in [9.17, 15) is 9.90 Å². The first-order chi connectivity index (χ1) is 8.61. The lowest BCUT2D eigenvalue weighted by atomic mass is 10.0. The Morgan fingerprint density at radius 3 is 2.39 bits per heavy atom. The molecule has 0 atom stereocenters. The Bertz CT molecular complexity index is 573. The first kappa shape index (κ1) is 12.0.